The largest absolute Gasteiger partial charge is 0.387 e. The van der Waals surface area contributed by atoms with Gasteiger partial charge >= 0.3 is 0 Å². The lowest BCUT2D eigenvalue weighted by Crippen LogP contribution is -2.23. The van der Waals surface area contributed by atoms with Crippen LogP contribution < -0.4 is 10.9 Å². The summed E-state index contributed by atoms with van der Waals surface area (Å²) in [5.74, 6) is 0. The molecule has 9 heteroatoms. The Bertz CT molecular complexity index is 1070. The zero-order chi connectivity index (χ0) is 20.3. The van der Waals surface area contributed by atoms with Gasteiger partial charge < -0.3 is 10.4 Å². The summed E-state index contributed by atoms with van der Waals surface area (Å²) in [4.78, 5) is 22.7. The second-order valence-electron chi connectivity index (χ2n) is 6.17. The number of aliphatic hydroxyl groups excluding tert-OH is 1. The molecule has 0 aliphatic heterocycles. The molecule has 2 aromatic carbocycles. The van der Waals surface area contributed by atoms with Crippen LogP contribution in [0.3, 0.4) is 0 Å². The van der Waals surface area contributed by atoms with E-state index >= 15 is 0 Å². The molecule has 1 unspecified atom stereocenters. The molecule has 2 N–H and O–H groups in total. The van der Waals surface area contributed by atoms with Crippen molar-refractivity contribution in [1.29, 1.82) is 0 Å². The van der Waals surface area contributed by atoms with Crippen LogP contribution in [0.4, 0.5) is 11.4 Å². The van der Waals surface area contributed by atoms with Gasteiger partial charge in [0.05, 0.1) is 28.6 Å². The molecular formula is C19H17ClN4O4. The van der Waals surface area contributed by atoms with Crippen molar-refractivity contribution in [3.63, 3.8) is 0 Å². The Kier molecular flexibility index (Phi) is 5.72. The summed E-state index contributed by atoms with van der Waals surface area (Å²) in [5.41, 5.74) is 1.75. The highest BCUT2D eigenvalue weighted by atomic mass is 35.5. The average molecular weight is 401 g/mol. The third kappa shape index (κ3) is 4.19. The highest BCUT2D eigenvalue weighted by molar-refractivity contribution is 6.32. The highest BCUT2D eigenvalue weighted by Gasteiger charge is 2.14. The normalized spacial score (nSPS) is 11.8. The van der Waals surface area contributed by atoms with Gasteiger partial charge in [-0.2, -0.15) is 9.78 Å². The molecule has 0 saturated carbocycles. The van der Waals surface area contributed by atoms with Crippen molar-refractivity contribution in [2.24, 2.45) is 0 Å². The third-order valence-corrected chi connectivity index (χ3v) is 4.50. The average Bonchev–Trinajstić information content (AvgIpc) is 2.69. The van der Waals surface area contributed by atoms with Gasteiger partial charge in [-0.15, -0.1) is 0 Å². The number of hydrogen-bond donors (Lipinski definition) is 2. The van der Waals surface area contributed by atoms with Gasteiger partial charge in [-0.1, -0.05) is 41.4 Å². The zero-order valence-corrected chi connectivity index (χ0v) is 15.6. The van der Waals surface area contributed by atoms with E-state index < -0.39 is 16.6 Å². The van der Waals surface area contributed by atoms with Crippen LogP contribution in [0.1, 0.15) is 17.2 Å². The van der Waals surface area contributed by atoms with Crippen molar-refractivity contribution in [3.8, 4) is 5.69 Å². The van der Waals surface area contributed by atoms with Gasteiger partial charge in [-0.05, 0) is 24.6 Å². The first-order valence-electron chi connectivity index (χ1n) is 8.38. The van der Waals surface area contributed by atoms with E-state index in [1.54, 1.807) is 0 Å². The number of aryl methyl sites for hydroxylation is 1. The highest BCUT2D eigenvalue weighted by Crippen LogP contribution is 2.20. The van der Waals surface area contributed by atoms with Gasteiger partial charge in [0.1, 0.15) is 5.02 Å². The molecule has 1 atom stereocenters. The molecule has 0 radical (unpaired) electrons. The lowest BCUT2D eigenvalue weighted by Gasteiger charge is -2.15. The van der Waals surface area contributed by atoms with Crippen LogP contribution >= 0.6 is 11.6 Å². The van der Waals surface area contributed by atoms with Crippen LogP contribution in [-0.4, -0.2) is 26.4 Å². The van der Waals surface area contributed by atoms with Crippen LogP contribution in [0.2, 0.25) is 5.02 Å². The molecule has 144 valence electrons. The summed E-state index contributed by atoms with van der Waals surface area (Å²) >= 11 is 6.16. The van der Waals surface area contributed by atoms with E-state index in [0.717, 1.165) is 15.8 Å². The SMILES string of the molecule is Cc1cccc(C(O)CNc2cnn(-c3ccc([N+](=O)[O-])cc3)c(=O)c2Cl)c1. The number of nitrogens with zero attached hydrogens (tertiary/aromatic N) is 3. The van der Waals surface area contributed by atoms with Gasteiger partial charge in [0, 0.05) is 18.7 Å². The van der Waals surface area contributed by atoms with Crippen molar-refractivity contribution in [1.82, 2.24) is 9.78 Å². The molecule has 0 spiro atoms. The molecule has 8 nitrogen and oxygen atoms in total. The maximum Gasteiger partial charge on any atom is 0.292 e. The zero-order valence-electron chi connectivity index (χ0n) is 14.9. The minimum atomic E-state index is -0.784. The Balaban J connectivity index is 1.78. The molecule has 0 saturated heterocycles. The number of hydrogen-bond acceptors (Lipinski definition) is 6. The third-order valence-electron chi connectivity index (χ3n) is 4.14. The van der Waals surface area contributed by atoms with Crippen LogP contribution in [-0.2, 0) is 0 Å². The van der Waals surface area contributed by atoms with Crippen molar-refractivity contribution in [2.75, 3.05) is 11.9 Å². The number of nitro groups is 1. The molecule has 0 fully saturated rings. The lowest BCUT2D eigenvalue weighted by molar-refractivity contribution is -0.384. The molecule has 0 bridgehead atoms. The molecule has 3 aromatic rings. The minimum Gasteiger partial charge on any atom is -0.387 e. The first-order valence-corrected chi connectivity index (χ1v) is 8.76. The molecule has 1 aromatic heterocycles. The molecule has 1 heterocycles. The topological polar surface area (TPSA) is 110 Å². The van der Waals surface area contributed by atoms with Gasteiger partial charge in [-0.3, -0.25) is 14.9 Å². The maximum absolute atomic E-state index is 12.5. The second kappa shape index (κ2) is 8.20. The van der Waals surface area contributed by atoms with Gasteiger partial charge in [0.25, 0.3) is 11.2 Å². The van der Waals surface area contributed by atoms with Crippen molar-refractivity contribution in [2.45, 2.75) is 13.0 Å². The first-order chi connectivity index (χ1) is 13.4. The number of rotatable bonds is 6. The quantitative estimate of drug-likeness (QED) is 0.485. The van der Waals surface area contributed by atoms with Crippen LogP contribution in [0.15, 0.2) is 59.5 Å². The summed E-state index contributed by atoms with van der Waals surface area (Å²) < 4.78 is 1.05. The van der Waals surface area contributed by atoms with Gasteiger partial charge in [-0.25, -0.2) is 0 Å². The fourth-order valence-corrected chi connectivity index (χ4v) is 2.85. The van der Waals surface area contributed by atoms with Crippen molar-refractivity contribution in [3.05, 3.63) is 91.3 Å². The molecule has 0 aliphatic carbocycles. The number of aliphatic hydroxyl groups is 1. The minimum absolute atomic E-state index is 0.0914. The fourth-order valence-electron chi connectivity index (χ4n) is 2.66. The number of non-ortho nitro benzene ring substituents is 1. The lowest BCUT2D eigenvalue weighted by atomic mass is 10.1. The monoisotopic (exact) mass is 400 g/mol. The molecule has 3 rings (SSSR count). The Morgan fingerprint density at radius 1 is 1.29 bits per heavy atom. The summed E-state index contributed by atoms with van der Waals surface area (Å²) in [6.07, 6.45) is 0.585. The van der Waals surface area contributed by atoms with E-state index in [0.29, 0.717) is 5.69 Å². The number of halogens is 1. The number of nitro benzene ring substituents is 1. The Labute approximate surface area is 165 Å². The summed E-state index contributed by atoms with van der Waals surface area (Å²) in [7, 11) is 0. The van der Waals surface area contributed by atoms with Crippen molar-refractivity contribution < 1.29 is 10.0 Å². The summed E-state index contributed by atoms with van der Waals surface area (Å²) in [6, 6.07) is 12.9. The van der Waals surface area contributed by atoms with Crippen LogP contribution in [0.25, 0.3) is 5.69 Å². The van der Waals surface area contributed by atoms with Crippen molar-refractivity contribution >= 4 is 23.0 Å². The molecular weight excluding hydrogens is 384 g/mol. The summed E-state index contributed by atoms with van der Waals surface area (Å²) in [6.45, 7) is 2.08. The van der Waals surface area contributed by atoms with Gasteiger partial charge in [0.2, 0.25) is 0 Å². The van der Waals surface area contributed by atoms with Gasteiger partial charge in [0.15, 0.2) is 0 Å². The number of anilines is 1. The standard InChI is InChI=1S/C19H17ClN4O4/c1-12-3-2-4-13(9-12)17(25)11-21-16-10-22-23(19(26)18(16)20)14-5-7-15(8-6-14)24(27)28/h2-10,17,21,25H,11H2,1H3. The van der Waals surface area contributed by atoms with Crippen LogP contribution in [0, 0.1) is 17.0 Å². The number of aromatic nitrogens is 2. The predicted octanol–water partition coefficient (Wildman–Crippen LogP) is 3.25. The Hall–Kier alpha value is -3.23. The molecule has 28 heavy (non-hydrogen) atoms. The molecule has 0 amide bonds. The number of nitrogens with one attached hydrogen (secondary N) is 1. The van der Waals surface area contributed by atoms with Crippen LogP contribution in [0.5, 0.6) is 0 Å². The smallest absolute Gasteiger partial charge is 0.292 e. The first kappa shape index (κ1) is 19.5. The van der Waals surface area contributed by atoms with E-state index in [1.807, 2.05) is 31.2 Å². The van der Waals surface area contributed by atoms with E-state index in [2.05, 4.69) is 10.4 Å². The predicted molar refractivity (Wildman–Crippen MR) is 106 cm³/mol. The fraction of sp³-hybridized carbons (Fsp3) is 0.158. The maximum atomic E-state index is 12.5. The van der Waals surface area contributed by atoms with E-state index in [9.17, 15) is 20.0 Å². The van der Waals surface area contributed by atoms with E-state index in [4.69, 9.17) is 11.6 Å². The summed E-state index contributed by atoms with van der Waals surface area (Å²) in [5, 5.41) is 27.9. The molecule has 0 aliphatic rings. The van der Waals surface area contributed by atoms with E-state index in [-0.39, 0.29) is 22.9 Å². The second-order valence-corrected chi connectivity index (χ2v) is 6.55. The van der Waals surface area contributed by atoms with E-state index in [1.165, 1.54) is 30.5 Å². The Morgan fingerprint density at radius 2 is 2.00 bits per heavy atom. The number of benzene rings is 2. The Morgan fingerprint density at radius 3 is 2.64 bits per heavy atom.